The third kappa shape index (κ3) is 6.34. The van der Waals surface area contributed by atoms with Crippen LogP contribution in [0, 0.1) is 6.92 Å². The van der Waals surface area contributed by atoms with Gasteiger partial charge in [0.25, 0.3) is 5.91 Å². The highest BCUT2D eigenvalue weighted by Crippen LogP contribution is 2.14. The fourth-order valence-electron chi connectivity index (χ4n) is 2.51. The van der Waals surface area contributed by atoms with Crippen LogP contribution in [0.3, 0.4) is 0 Å². The first-order valence-corrected chi connectivity index (χ1v) is 9.52. The first kappa shape index (κ1) is 21.4. The first-order chi connectivity index (χ1) is 13.2. The van der Waals surface area contributed by atoms with Gasteiger partial charge in [-0.25, -0.2) is 0 Å². The lowest BCUT2D eigenvalue weighted by Crippen LogP contribution is -2.42. The number of nitrogens with one attached hydrogen (secondary N) is 2. The highest BCUT2D eigenvalue weighted by atomic mass is 16.2. The lowest BCUT2D eigenvalue weighted by Gasteiger charge is -2.24. The fraction of sp³-hybridized carbons (Fsp3) is 0.348. The maximum absolute atomic E-state index is 12.2. The number of hydrogen-bond acceptors (Lipinski definition) is 3. The molecule has 0 aromatic heterocycles. The van der Waals surface area contributed by atoms with Crippen molar-refractivity contribution in [2.24, 2.45) is 0 Å². The van der Waals surface area contributed by atoms with Crippen LogP contribution >= 0.6 is 0 Å². The summed E-state index contributed by atoms with van der Waals surface area (Å²) in [6, 6.07) is 14.0. The van der Waals surface area contributed by atoms with Crippen LogP contribution < -0.4 is 10.6 Å². The van der Waals surface area contributed by atoms with Gasteiger partial charge in [0, 0.05) is 35.2 Å². The van der Waals surface area contributed by atoms with Crippen molar-refractivity contribution in [1.82, 2.24) is 5.32 Å². The van der Waals surface area contributed by atoms with Crippen LogP contribution in [-0.4, -0.2) is 23.1 Å². The summed E-state index contributed by atoms with van der Waals surface area (Å²) >= 11 is 0. The van der Waals surface area contributed by atoms with Gasteiger partial charge in [-0.1, -0.05) is 36.8 Å². The van der Waals surface area contributed by atoms with E-state index in [1.165, 1.54) is 0 Å². The number of anilines is 1. The van der Waals surface area contributed by atoms with E-state index in [9.17, 15) is 14.4 Å². The highest BCUT2D eigenvalue weighted by Gasteiger charge is 2.18. The van der Waals surface area contributed by atoms with Crippen LogP contribution in [0.2, 0.25) is 0 Å². The summed E-state index contributed by atoms with van der Waals surface area (Å²) in [5, 5.41) is 5.73. The molecule has 0 atom stereocenters. The molecule has 0 bridgehead atoms. The second-order valence-corrected chi connectivity index (χ2v) is 7.61. The number of ketones is 1. The summed E-state index contributed by atoms with van der Waals surface area (Å²) in [6.07, 6.45) is 1.09. The molecule has 0 aliphatic heterocycles. The Morgan fingerprint density at radius 1 is 0.857 bits per heavy atom. The van der Waals surface area contributed by atoms with Crippen LogP contribution in [0.25, 0.3) is 0 Å². The number of hydrogen-bond donors (Lipinski definition) is 2. The van der Waals surface area contributed by atoms with Crippen LogP contribution in [0.4, 0.5) is 5.69 Å². The number of Topliss-reactive ketones (excluding diaryl/α,β-unsaturated/α-hetero) is 1. The topological polar surface area (TPSA) is 75.3 Å². The van der Waals surface area contributed by atoms with Gasteiger partial charge in [0.05, 0.1) is 0 Å². The standard InChI is InChI=1S/C23H28N2O3/c1-5-23(3,4)25-22(28)18-10-12-19(13-11-18)24-21(27)15-14-20(26)17-8-6-16(2)7-9-17/h6-13H,5,14-15H2,1-4H3,(H,24,27)(H,25,28). The van der Waals surface area contributed by atoms with Crippen molar-refractivity contribution < 1.29 is 14.4 Å². The molecule has 0 heterocycles. The van der Waals surface area contributed by atoms with Gasteiger partial charge in [0.2, 0.25) is 5.91 Å². The lowest BCUT2D eigenvalue weighted by molar-refractivity contribution is -0.116. The molecule has 0 radical (unpaired) electrons. The van der Waals surface area contributed by atoms with E-state index in [2.05, 4.69) is 10.6 Å². The Kier molecular flexibility index (Phi) is 7.10. The summed E-state index contributed by atoms with van der Waals surface area (Å²) in [5.74, 6) is -0.432. The summed E-state index contributed by atoms with van der Waals surface area (Å²) < 4.78 is 0. The van der Waals surface area contributed by atoms with Crippen LogP contribution in [0.5, 0.6) is 0 Å². The minimum Gasteiger partial charge on any atom is -0.347 e. The van der Waals surface area contributed by atoms with Gasteiger partial charge in [-0.3, -0.25) is 14.4 Å². The normalized spacial score (nSPS) is 11.0. The molecule has 2 aromatic carbocycles. The molecule has 0 saturated carbocycles. The van der Waals surface area contributed by atoms with Gasteiger partial charge in [0.15, 0.2) is 5.78 Å². The molecule has 148 valence electrons. The molecule has 0 fully saturated rings. The van der Waals surface area contributed by atoms with Crippen molar-refractivity contribution in [2.45, 2.75) is 52.5 Å². The van der Waals surface area contributed by atoms with Gasteiger partial charge in [0.1, 0.15) is 0 Å². The van der Waals surface area contributed by atoms with Crippen molar-refractivity contribution in [3.05, 3.63) is 65.2 Å². The van der Waals surface area contributed by atoms with E-state index in [1.54, 1.807) is 36.4 Å². The zero-order chi connectivity index (χ0) is 20.7. The molecule has 28 heavy (non-hydrogen) atoms. The van der Waals surface area contributed by atoms with E-state index in [0.29, 0.717) is 16.8 Å². The second kappa shape index (κ2) is 9.31. The molecule has 2 amide bonds. The van der Waals surface area contributed by atoms with Crippen molar-refractivity contribution in [1.29, 1.82) is 0 Å². The molecule has 0 aliphatic rings. The Morgan fingerprint density at radius 3 is 2.00 bits per heavy atom. The van der Waals surface area contributed by atoms with Gasteiger partial charge in [-0.05, 0) is 51.5 Å². The van der Waals surface area contributed by atoms with Crippen molar-refractivity contribution in [3.63, 3.8) is 0 Å². The number of benzene rings is 2. The Labute approximate surface area is 166 Å². The molecule has 2 aromatic rings. The molecular weight excluding hydrogens is 352 g/mol. The summed E-state index contributed by atoms with van der Waals surface area (Å²) in [6.45, 7) is 7.92. The SMILES string of the molecule is CCC(C)(C)NC(=O)c1ccc(NC(=O)CCC(=O)c2ccc(C)cc2)cc1. The van der Waals surface area contributed by atoms with E-state index in [4.69, 9.17) is 0 Å². The minimum atomic E-state index is -0.270. The zero-order valence-electron chi connectivity index (χ0n) is 17.0. The van der Waals surface area contributed by atoms with Crippen LogP contribution in [0.1, 0.15) is 66.3 Å². The third-order valence-electron chi connectivity index (χ3n) is 4.72. The number of amides is 2. The maximum atomic E-state index is 12.2. The molecule has 2 rings (SSSR count). The number of rotatable bonds is 8. The zero-order valence-corrected chi connectivity index (χ0v) is 17.0. The molecule has 2 N–H and O–H groups in total. The van der Waals surface area contributed by atoms with Crippen LogP contribution in [-0.2, 0) is 4.79 Å². The molecule has 0 aliphatic carbocycles. The lowest BCUT2D eigenvalue weighted by atomic mass is 10.0. The quantitative estimate of drug-likeness (QED) is 0.662. The fourth-order valence-corrected chi connectivity index (χ4v) is 2.51. The molecule has 5 heteroatoms. The van der Waals surface area contributed by atoms with E-state index in [0.717, 1.165) is 12.0 Å². The van der Waals surface area contributed by atoms with Gasteiger partial charge in [-0.15, -0.1) is 0 Å². The molecule has 5 nitrogen and oxygen atoms in total. The van der Waals surface area contributed by atoms with Gasteiger partial charge >= 0.3 is 0 Å². The molecular formula is C23H28N2O3. The van der Waals surface area contributed by atoms with Crippen molar-refractivity contribution in [3.8, 4) is 0 Å². The highest BCUT2D eigenvalue weighted by molar-refractivity contribution is 6.00. The van der Waals surface area contributed by atoms with Crippen molar-refractivity contribution in [2.75, 3.05) is 5.32 Å². The second-order valence-electron chi connectivity index (χ2n) is 7.61. The monoisotopic (exact) mass is 380 g/mol. The minimum absolute atomic E-state index is 0.0549. The first-order valence-electron chi connectivity index (χ1n) is 9.52. The predicted octanol–water partition coefficient (Wildman–Crippen LogP) is 4.52. The number of carbonyl (C=O) groups is 3. The predicted molar refractivity (Wildman–Crippen MR) is 112 cm³/mol. The van der Waals surface area contributed by atoms with E-state index < -0.39 is 0 Å². The smallest absolute Gasteiger partial charge is 0.251 e. The summed E-state index contributed by atoms with van der Waals surface area (Å²) in [5.41, 5.74) is 2.56. The molecule has 0 saturated heterocycles. The van der Waals surface area contributed by atoms with Gasteiger partial charge in [-0.2, -0.15) is 0 Å². The number of carbonyl (C=O) groups excluding carboxylic acids is 3. The van der Waals surface area contributed by atoms with E-state index >= 15 is 0 Å². The van der Waals surface area contributed by atoms with Crippen LogP contribution in [0.15, 0.2) is 48.5 Å². The summed E-state index contributed by atoms with van der Waals surface area (Å²) in [7, 11) is 0. The average Bonchev–Trinajstić information content (AvgIpc) is 2.67. The summed E-state index contributed by atoms with van der Waals surface area (Å²) in [4.78, 5) is 36.5. The Bertz CT molecular complexity index is 837. The largest absolute Gasteiger partial charge is 0.347 e. The Balaban J connectivity index is 1.86. The Hall–Kier alpha value is -2.95. The molecule has 0 unspecified atom stereocenters. The average molecular weight is 380 g/mol. The Morgan fingerprint density at radius 2 is 1.43 bits per heavy atom. The third-order valence-corrected chi connectivity index (χ3v) is 4.72. The van der Waals surface area contributed by atoms with Crippen molar-refractivity contribution >= 4 is 23.3 Å². The van der Waals surface area contributed by atoms with E-state index in [-0.39, 0.29) is 36.0 Å². The maximum Gasteiger partial charge on any atom is 0.251 e. The van der Waals surface area contributed by atoms with E-state index in [1.807, 2.05) is 39.8 Å². The number of aryl methyl sites for hydroxylation is 1. The van der Waals surface area contributed by atoms with Gasteiger partial charge < -0.3 is 10.6 Å². The molecule has 0 spiro atoms.